The number of piperidine rings is 1. The number of esters is 3. The normalized spacial score (nSPS) is 27.7. The summed E-state index contributed by atoms with van der Waals surface area (Å²) in [5.41, 5.74) is 0.881. The summed E-state index contributed by atoms with van der Waals surface area (Å²) in [5, 5.41) is 0. The SMILES string of the molecule is CC(=O)O[C@H]1[C@@H](OC(=O)c2cccn2C)[C@@H]2C[C@H](OC(=O)c3cccn3C)C[C@H]1N2C. The molecule has 4 heterocycles. The van der Waals surface area contributed by atoms with Gasteiger partial charge >= 0.3 is 17.9 Å². The zero-order valence-electron chi connectivity index (χ0n) is 18.1. The fraction of sp³-hybridized carbons (Fsp3) is 0.500. The largest absolute Gasteiger partial charge is 0.458 e. The molecule has 2 aliphatic rings. The topological polar surface area (TPSA) is 92.0 Å². The molecule has 2 fully saturated rings. The summed E-state index contributed by atoms with van der Waals surface area (Å²) in [6, 6.07) is 6.47. The second-order valence-corrected chi connectivity index (χ2v) is 8.25. The lowest BCUT2D eigenvalue weighted by molar-refractivity contribution is -0.152. The van der Waals surface area contributed by atoms with Crippen molar-refractivity contribution in [3.63, 3.8) is 0 Å². The Morgan fingerprint density at radius 3 is 1.74 bits per heavy atom. The van der Waals surface area contributed by atoms with Gasteiger partial charge in [-0.05, 0) is 31.3 Å². The first kappa shape index (κ1) is 21.2. The molecule has 2 saturated heterocycles. The number of fused-ring (bicyclic) bond motifs is 2. The van der Waals surface area contributed by atoms with Gasteiger partial charge in [0.1, 0.15) is 17.5 Å². The fourth-order valence-corrected chi connectivity index (χ4v) is 4.70. The van der Waals surface area contributed by atoms with Crippen LogP contribution in [0.4, 0.5) is 0 Å². The molecule has 9 nitrogen and oxygen atoms in total. The Morgan fingerprint density at radius 1 is 0.806 bits per heavy atom. The minimum Gasteiger partial charge on any atom is -0.458 e. The Hall–Kier alpha value is -3.07. The molecule has 2 aliphatic heterocycles. The summed E-state index contributed by atoms with van der Waals surface area (Å²) in [7, 11) is 5.46. The molecule has 0 aromatic carbocycles. The summed E-state index contributed by atoms with van der Waals surface area (Å²) < 4.78 is 20.6. The molecular weight excluding hydrogens is 402 g/mol. The minimum atomic E-state index is -0.653. The number of carbonyl (C=O) groups excluding carboxylic acids is 3. The van der Waals surface area contributed by atoms with Crippen LogP contribution >= 0.6 is 0 Å². The molecule has 0 spiro atoms. The smallest absolute Gasteiger partial charge is 0.355 e. The van der Waals surface area contributed by atoms with E-state index in [4.69, 9.17) is 14.2 Å². The lowest BCUT2D eigenvalue weighted by Crippen LogP contribution is -2.46. The minimum absolute atomic E-state index is 0.222. The molecule has 0 amide bonds. The monoisotopic (exact) mass is 429 g/mol. The summed E-state index contributed by atoms with van der Waals surface area (Å²) in [6.45, 7) is 1.34. The summed E-state index contributed by atoms with van der Waals surface area (Å²) in [5.74, 6) is -1.32. The van der Waals surface area contributed by atoms with Crippen molar-refractivity contribution in [2.45, 2.75) is 50.2 Å². The number of likely N-dealkylation sites (N-methyl/N-ethyl adjacent to an activating group) is 1. The first-order valence-electron chi connectivity index (χ1n) is 10.3. The van der Waals surface area contributed by atoms with Gasteiger partial charge in [-0.2, -0.15) is 0 Å². The highest BCUT2D eigenvalue weighted by Gasteiger charge is 2.56. The lowest BCUT2D eigenvalue weighted by Gasteiger charge is -2.36. The van der Waals surface area contributed by atoms with Gasteiger partial charge in [-0.25, -0.2) is 9.59 Å². The molecule has 0 radical (unpaired) electrons. The van der Waals surface area contributed by atoms with Gasteiger partial charge in [-0.3, -0.25) is 9.69 Å². The van der Waals surface area contributed by atoms with Crippen LogP contribution in [0.1, 0.15) is 40.7 Å². The molecule has 0 N–H and O–H groups in total. The van der Waals surface area contributed by atoms with Crippen LogP contribution in [0.5, 0.6) is 0 Å². The molecule has 4 rings (SSSR count). The van der Waals surface area contributed by atoms with Gasteiger partial charge in [0.2, 0.25) is 0 Å². The molecule has 166 valence electrons. The standard InChI is InChI=1S/C22H27N3O6/c1-13(26)29-19-17-11-14(30-21(27)15-7-5-9-23(15)2)12-18(25(17)4)20(19)31-22(28)16-8-6-10-24(16)3/h5-10,14,17-20H,11-12H2,1-4H3/t14-,17-,18+,19-,20+/m1/s1. The highest BCUT2D eigenvalue weighted by Crippen LogP contribution is 2.40. The van der Waals surface area contributed by atoms with Crippen LogP contribution in [0.2, 0.25) is 0 Å². The highest BCUT2D eigenvalue weighted by molar-refractivity contribution is 5.88. The maximum absolute atomic E-state index is 12.8. The van der Waals surface area contributed by atoms with Crippen LogP contribution in [-0.2, 0) is 33.1 Å². The van der Waals surface area contributed by atoms with E-state index >= 15 is 0 Å². The molecule has 2 aromatic heterocycles. The predicted molar refractivity (Wildman–Crippen MR) is 109 cm³/mol. The van der Waals surface area contributed by atoms with Gasteiger partial charge in [0.15, 0.2) is 12.2 Å². The summed E-state index contributed by atoms with van der Waals surface area (Å²) in [6.07, 6.45) is 2.86. The molecule has 31 heavy (non-hydrogen) atoms. The van der Waals surface area contributed by atoms with Crippen molar-refractivity contribution >= 4 is 17.9 Å². The average Bonchev–Trinajstić information content (AvgIpc) is 3.36. The molecule has 2 aromatic rings. The molecule has 0 saturated carbocycles. The van der Waals surface area contributed by atoms with Gasteiger partial charge in [0.25, 0.3) is 0 Å². The number of aromatic nitrogens is 2. The van der Waals surface area contributed by atoms with Crippen molar-refractivity contribution in [1.29, 1.82) is 0 Å². The Morgan fingerprint density at radius 2 is 1.29 bits per heavy atom. The van der Waals surface area contributed by atoms with Crippen LogP contribution in [0.15, 0.2) is 36.7 Å². The number of hydrogen-bond donors (Lipinski definition) is 0. The number of hydrogen-bond acceptors (Lipinski definition) is 7. The average molecular weight is 429 g/mol. The fourth-order valence-electron chi connectivity index (χ4n) is 4.70. The van der Waals surface area contributed by atoms with E-state index in [-0.39, 0.29) is 18.2 Å². The maximum Gasteiger partial charge on any atom is 0.355 e. The Balaban J connectivity index is 1.53. The highest BCUT2D eigenvalue weighted by atomic mass is 16.6. The van der Waals surface area contributed by atoms with Crippen molar-refractivity contribution in [2.75, 3.05) is 7.05 Å². The van der Waals surface area contributed by atoms with Crippen LogP contribution in [0, 0.1) is 0 Å². The van der Waals surface area contributed by atoms with Crippen LogP contribution in [-0.4, -0.2) is 69.4 Å². The second-order valence-electron chi connectivity index (χ2n) is 8.25. The zero-order valence-corrected chi connectivity index (χ0v) is 18.1. The third kappa shape index (κ3) is 3.97. The maximum atomic E-state index is 12.8. The third-order valence-electron chi connectivity index (χ3n) is 6.26. The van der Waals surface area contributed by atoms with E-state index < -0.39 is 30.1 Å². The van der Waals surface area contributed by atoms with Crippen molar-refractivity contribution in [3.8, 4) is 0 Å². The second kappa shape index (κ2) is 8.22. The van der Waals surface area contributed by atoms with E-state index in [1.807, 2.05) is 7.05 Å². The van der Waals surface area contributed by atoms with Crippen molar-refractivity contribution in [1.82, 2.24) is 14.0 Å². The molecular formula is C22H27N3O6. The van der Waals surface area contributed by atoms with Gasteiger partial charge in [0.05, 0.1) is 12.1 Å². The zero-order chi connectivity index (χ0) is 22.3. The molecule has 0 unspecified atom stereocenters. The van der Waals surface area contributed by atoms with E-state index in [1.54, 1.807) is 59.9 Å². The Labute approximate surface area is 180 Å². The van der Waals surface area contributed by atoms with Crippen molar-refractivity contribution in [3.05, 3.63) is 48.0 Å². The van der Waals surface area contributed by atoms with Crippen LogP contribution in [0.25, 0.3) is 0 Å². The third-order valence-corrected chi connectivity index (χ3v) is 6.26. The number of aryl methyl sites for hydroxylation is 2. The van der Waals surface area contributed by atoms with Gasteiger partial charge in [-0.1, -0.05) is 0 Å². The van der Waals surface area contributed by atoms with Crippen molar-refractivity contribution in [2.24, 2.45) is 14.1 Å². The predicted octanol–water partition coefficient (Wildman–Crippen LogP) is 1.52. The number of rotatable bonds is 5. The molecule has 2 bridgehead atoms. The lowest BCUT2D eigenvalue weighted by atomic mass is 10.00. The van der Waals surface area contributed by atoms with Gasteiger partial charge < -0.3 is 23.3 Å². The van der Waals surface area contributed by atoms with E-state index in [2.05, 4.69) is 4.90 Å². The van der Waals surface area contributed by atoms with E-state index in [0.717, 1.165) is 0 Å². The number of carbonyl (C=O) groups is 3. The van der Waals surface area contributed by atoms with Gasteiger partial charge in [0, 0.05) is 46.3 Å². The first-order valence-corrected chi connectivity index (χ1v) is 10.3. The van der Waals surface area contributed by atoms with E-state index in [0.29, 0.717) is 24.2 Å². The number of ether oxygens (including phenoxy) is 3. The van der Waals surface area contributed by atoms with E-state index in [9.17, 15) is 14.4 Å². The molecule has 0 aliphatic carbocycles. The van der Waals surface area contributed by atoms with Gasteiger partial charge in [-0.15, -0.1) is 0 Å². The van der Waals surface area contributed by atoms with Crippen LogP contribution < -0.4 is 0 Å². The molecule has 5 atom stereocenters. The number of nitrogens with zero attached hydrogens (tertiary/aromatic N) is 3. The Kier molecular flexibility index (Phi) is 5.62. The quantitative estimate of drug-likeness (QED) is 0.526. The van der Waals surface area contributed by atoms with E-state index in [1.165, 1.54) is 6.92 Å². The van der Waals surface area contributed by atoms with Crippen LogP contribution in [0.3, 0.4) is 0 Å². The first-order chi connectivity index (χ1) is 14.8. The summed E-state index contributed by atoms with van der Waals surface area (Å²) >= 11 is 0. The Bertz CT molecular complexity index is 995. The summed E-state index contributed by atoms with van der Waals surface area (Å²) in [4.78, 5) is 39.2. The van der Waals surface area contributed by atoms with Crippen molar-refractivity contribution < 1.29 is 28.6 Å². The molecule has 9 heteroatoms.